The zero-order valence-corrected chi connectivity index (χ0v) is 7.42. The highest BCUT2D eigenvalue weighted by atomic mass is 16.7. The minimum atomic E-state index is -0.906. The molecule has 2 aliphatic heterocycles. The van der Waals surface area contributed by atoms with Crippen LogP contribution >= 0.6 is 0 Å². The maximum atomic E-state index is 9.57. The van der Waals surface area contributed by atoms with Gasteiger partial charge in [0.1, 0.15) is 12.2 Å². The molecule has 5 nitrogen and oxygen atoms in total. The zero-order valence-electron chi connectivity index (χ0n) is 7.42. The summed E-state index contributed by atoms with van der Waals surface area (Å²) in [5.74, 6) is 0. The quantitative estimate of drug-likeness (QED) is 0.524. The molecule has 2 N–H and O–H groups in total. The van der Waals surface area contributed by atoms with E-state index in [2.05, 4.69) is 0 Å². The Morgan fingerprint density at radius 2 is 2.00 bits per heavy atom. The SMILES string of the molecule is CC1OC[C@H]2O[C@H](O)C[C@H](O)[C@@H]2O1. The normalized spacial score (nSPS) is 51.5. The van der Waals surface area contributed by atoms with Crippen molar-refractivity contribution in [3.63, 3.8) is 0 Å². The van der Waals surface area contributed by atoms with Crippen molar-refractivity contribution in [3.05, 3.63) is 0 Å². The lowest BCUT2D eigenvalue weighted by molar-refractivity contribution is -0.324. The number of aliphatic hydroxyl groups is 2. The summed E-state index contributed by atoms with van der Waals surface area (Å²) in [7, 11) is 0. The van der Waals surface area contributed by atoms with Gasteiger partial charge in [0.05, 0.1) is 12.7 Å². The molecule has 2 aliphatic rings. The summed E-state index contributed by atoms with van der Waals surface area (Å²) in [5.41, 5.74) is 0. The third kappa shape index (κ3) is 1.84. The molecule has 0 spiro atoms. The van der Waals surface area contributed by atoms with Crippen molar-refractivity contribution in [1.29, 1.82) is 0 Å². The molecule has 0 aromatic carbocycles. The van der Waals surface area contributed by atoms with Gasteiger partial charge in [-0.3, -0.25) is 0 Å². The van der Waals surface area contributed by atoms with E-state index in [0.717, 1.165) is 0 Å². The molecular weight excluding hydrogens is 176 g/mol. The fraction of sp³-hybridized carbons (Fsp3) is 1.00. The Hall–Kier alpha value is -0.200. The second-order valence-electron chi connectivity index (χ2n) is 3.43. The van der Waals surface area contributed by atoms with Crippen molar-refractivity contribution >= 4 is 0 Å². The number of aliphatic hydroxyl groups excluding tert-OH is 2. The van der Waals surface area contributed by atoms with E-state index in [9.17, 15) is 10.2 Å². The lowest BCUT2D eigenvalue weighted by atomic mass is 10.0. The summed E-state index contributed by atoms with van der Waals surface area (Å²) in [6.07, 6.45) is -2.40. The molecule has 1 unspecified atom stereocenters. The Bertz CT molecular complexity index is 185. The molecule has 0 aliphatic carbocycles. The summed E-state index contributed by atoms with van der Waals surface area (Å²) in [6, 6.07) is 0. The largest absolute Gasteiger partial charge is 0.390 e. The molecular formula is C8H14O5. The van der Waals surface area contributed by atoms with Gasteiger partial charge < -0.3 is 24.4 Å². The van der Waals surface area contributed by atoms with Crippen LogP contribution in [0.1, 0.15) is 13.3 Å². The van der Waals surface area contributed by atoms with E-state index in [1.807, 2.05) is 0 Å². The molecule has 0 saturated carbocycles. The first-order valence-corrected chi connectivity index (χ1v) is 4.45. The first kappa shape index (κ1) is 9.36. The molecule has 76 valence electrons. The maximum Gasteiger partial charge on any atom is 0.157 e. The molecule has 0 aromatic rings. The monoisotopic (exact) mass is 190 g/mol. The van der Waals surface area contributed by atoms with Gasteiger partial charge in [0.15, 0.2) is 12.6 Å². The third-order valence-electron chi connectivity index (χ3n) is 2.36. The van der Waals surface area contributed by atoms with E-state index in [4.69, 9.17) is 14.2 Å². The van der Waals surface area contributed by atoms with Crippen LogP contribution in [-0.4, -0.2) is 47.7 Å². The van der Waals surface area contributed by atoms with Gasteiger partial charge in [0.25, 0.3) is 0 Å². The maximum absolute atomic E-state index is 9.57. The Morgan fingerprint density at radius 1 is 1.23 bits per heavy atom. The van der Waals surface area contributed by atoms with Gasteiger partial charge in [0.2, 0.25) is 0 Å². The number of rotatable bonds is 0. The summed E-state index contributed by atoms with van der Waals surface area (Å²) in [6.45, 7) is 2.13. The second-order valence-corrected chi connectivity index (χ2v) is 3.43. The van der Waals surface area contributed by atoms with Crippen molar-refractivity contribution in [2.24, 2.45) is 0 Å². The van der Waals surface area contributed by atoms with Gasteiger partial charge >= 0.3 is 0 Å². The fourth-order valence-electron chi connectivity index (χ4n) is 1.73. The number of ether oxygens (including phenoxy) is 3. The Morgan fingerprint density at radius 3 is 2.77 bits per heavy atom. The van der Waals surface area contributed by atoms with Crippen LogP contribution in [0.4, 0.5) is 0 Å². The standard InChI is InChI=1S/C8H14O5/c1-4-11-3-6-8(12-4)5(9)2-7(10)13-6/h4-10H,2-3H2,1H3/t4?,5-,6+,7-,8-/m0/s1. The molecule has 2 saturated heterocycles. The van der Waals surface area contributed by atoms with E-state index in [1.54, 1.807) is 6.92 Å². The van der Waals surface area contributed by atoms with E-state index in [0.29, 0.717) is 6.61 Å². The lowest BCUT2D eigenvalue weighted by Crippen LogP contribution is -2.55. The Labute approximate surface area is 76.2 Å². The number of hydrogen-bond donors (Lipinski definition) is 2. The fourth-order valence-corrected chi connectivity index (χ4v) is 1.73. The molecule has 0 amide bonds. The third-order valence-corrected chi connectivity index (χ3v) is 2.36. The van der Waals surface area contributed by atoms with Crippen LogP contribution < -0.4 is 0 Å². The zero-order chi connectivity index (χ0) is 9.42. The summed E-state index contributed by atoms with van der Waals surface area (Å²) in [4.78, 5) is 0. The van der Waals surface area contributed by atoms with Crippen LogP contribution in [0.15, 0.2) is 0 Å². The molecule has 2 rings (SSSR count). The van der Waals surface area contributed by atoms with E-state index in [1.165, 1.54) is 0 Å². The van der Waals surface area contributed by atoms with E-state index in [-0.39, 0.29) is 24.9 Å². The van der Waals surface area contributed by atoms with Gasteiger partial charge in [-0.25, -0.2) is 0 Å². The predicted molar refractivity (Wildman–Crippen MR) is 41.8 cm³/mol. The highest BCUT2D eigenvalue weighted by Gasteiger charge is 2.41. The van der Waals surface area contributed by atoms with Crippen molar-refractivity contribution in [3.8, 4) is 0 Å². The van der Waals surface area contributed by atoms with Crippen molar-refractivity contribution < 1.29 is 24.4 Å². The average Bonchev–Trinajstić information content (AvgIpc) is 2.06. The van der Waals surface area contributed by atoms with Crippen LogP contribution in [0.5, 0.6) is 0 Å². The van der Waals surface area contributed by atoms with Crippen LogP contribution in [0.2, 0.25) is 0 Å². The Balaban J connectivity index is 2.02. The van der Waals surface area contributed by atoms with Crippen molar-refractivity contribution in [2.75, 3.05) is 6.61 Å². The second kappa shape index (κ2) is 3.51. The summed E-state index contributed by atoms with van der Waals surface area (Å²) >= 11 is 0. The molecule has 0 bridgehead atoms. The molecule has 2 fully saturated rings. The van der Waals surface area contributed by atoms with E-state index < -0.39 is 12.4 Å². The highest BCUT2D eigenvalue weighted by Crippen LogP contribution is 2.26. The van der Waals surface area contributed by atoms with Gasteiger partial charge in [-0.1, -0.05) is 0 Å². The minimum Gasteiger partial charge on any atom is -0.390 e. The summed E-state index contributed by atoms with van der Waals surface area (Å²) in [5, 5.41) is 18.8. The van der Waals surface area contributed by atoms with Crippen molar-refractivity contribution in [1.82, 2.24) is 0 Å². The lowest BCUT2D eigenvalue weighted by Gasteiger charge is -2.42. The molecule has 2 heterocycles. The topological polar surface area (TPSA) is 68.2 Å². The molecule has 5 heteroatoms. The van der Waals surface area contributed by atoms with Gasteiger partial charge in [0, 0.05) is 6.42 Å². The van der Waals surface area contributed by atoms with Crippen molar-refractivity contribution in [2.45, 2.75) is 44.2 Å². The first-order chi connectivity index (χ1) is 6.16. The molecule has 5 atom stereocenters. The van der Waals surface area contributed by atoms with Crippen LogP contribution in [-0.2, 0) is 14.2 Å². The summed E-state index contributed by atoms with van der Waals surface area (Å²) < 4.78 is 15.7. The van der Waals surface area contributed by atoms with Crippen LogP contribution in [0.3, 0.4) is 0 Å². The van der Waals surface area contributed by atoms with Crippen LogP contribution in [0.25, 0.3) is 0 Å². The minimum absolute atomic E-state index is 0.202. The Kier molecular flexibility index (Phi) is 2.53. The van der Waals surface area contributed by atoms with Crippen LogP contribution in [0, 0.1) is 0 Å². The highest BCUT2D eigenvalue weighted by molar-refractivity contribution is 4.85. The predicted octanol–water partition coefficient (Wildman–Crippen LogP) is -0.784. The number of fused-ring (bicyclic) bond motifs is 1. The smallest absolute Gasteiger partial charge is 0.157 e. The van der Waals surface area contributed by atoms with E-state index >= 15 is 0 Å². The number of hydrogen-bond acceptors (Lipinski definition) is 5. The molecule has 13 heavy (non-hydrogen) atoms. The van der Waals surface area contributed by atoms with Gasteiger partial charge in [-0.2, -0.15) is 0 Å². The molecule has 0 radical (unpaired) electrons. The first-order valence-electron chi connectivity index (χ1n) is 4.45. The average molecular weight is 190 g/mol. The van der Waals surface area contributed by atoms with Gasteiger partial charge in [-0.05, 0) is 6.92 Å². The van der Waals surface area contributed by atoms with Gasteiger partial charge in [-0.15, -0.1) is 0 Å². The molecule has 0 aromatic heterocycles.